The normalized spacial score (nSPS) is 17.0. The first-order chi connectivity index (χ1) is 9.94. The number of rotatable bonds is 2. The monoisotopic (exact) mass is 287 g/mol. The van der Waals surface area contributed by atoms with Crippen molar-refractivity contribution in [1.82, 2.24) is 15.1 Å². The van der Waals surface area contributed by atoms with Crippen molar-refractivity contribution in [3.05, 3.63) is 53.1 Å². The Morgan fingerprint density at radius 3 is 2.90 bits per heavy atom. The highest BCUT2D eigenvalue weighted by atomic mass is 19.1. The average molecular weight is 287 g/mol. The number of nitrogens with one attached hydrogen (secondary N) is 1. The van der Waals surface area contributed by atoms with E-state index in [2.05, 4.69) is 24.3 Å². The fraction of sp³-hybridized carbons (Fsp3) is 0.375. The second-order valence-electron chi connectivity index (χ2n) is 6.30. The topological polar surface area (TPSA) is 46.9 Å². The molecule has 1 amide bonds. The first-order valence-corrected chi connectivity index (χ1v) is 7.02. The Labute approximate surface area is 123 Å². The molecular weight excluding hydrogens is 269 g/mol. The lowest BCUT2D eigenvalue weighted by atomic mass is 9.88. The van der Waals surface area contributed by atoms with Crippen LogP contribution in [0.4, 0.5) is 4.39 Å². The molecule has 110 valence electrons. The number of amides is 1. The van der Waals surface area contributed by atoms with E-state index < -0.39 is 0 Å². The second kappa shape index (κ2) is 4.98. The van der Waals surface area contributed by atoms with Crippen molar-refractivity contribution in [1.29, 1.82) is 0 Å². The van der Waals surface area contributed by atoms with Gasteiger partial charge < -0.3 is 5.32 Å². The molecular formula is C16H18FN3O. The molecule has 0 spiro atoms. The molecule has 0 radical (unpaired) electrons. The molecule has 0 atom stereocenters. The molecule has 3 rings (SSSR count). The Morgan fingerprint density at radius 1 is 1.38 bits per heavy atom. The smallest absolute Gasteiger partial charge is 0.254 e. The summed E-state index contributed by atoms with van der Waals surface area (Å²) in [7, 11) is 0. The van der Waals surface area contributed by atoms with E-state index in [0.717, 1.165) is 12.1 Å². The number of aromatic nitrogens is 2. The van der Waals surface area contributed by atoms with Crippen molar-refractivity contribution in [2.75, 3.05) is 6.54 Å². The van der Waals surface area contributed by atoms with Gasteiger partial charge in [0, 0.05) is 18.3 Å². The lowest BCUT2D eigenvalue weighted by Gasteiger charge is -2.21. The Bertz CT molecular complexity index is 691. The Hall–Kier alpha value is -2.17. The van der Waals surface area contributed by atoms with Crippen LogP contribution in [0, 0.1) is 11.2 Å². The van der Waals surface area contributed by atoms with Gasteiger partial charge in [-0.2, -0.15) is 5.10 Å². The zero-order valence-corrected chi connectivity index (χ0v) is 12.2. The predicted octanol–water partition coefficient (Wildman–Crippen LogP) is 2.38. The molecule has 1 aromatic carbocycles. The van der Waals surface area contributed by atoms with Gasteiger partial charge in [0.05, 0.1) is 17.8 Å². The number of carbonyl (C=O) groups excluding carboxylic acids is 1. The molecule has 1 aliphatic heterocycles. The van der Waals surface area contributed by atoms with E-state index in [1.807, 2.05) is 0 Å². The zero-order valence-electron chi connectivity index (χ0n) is 12.2. The third-order valence-corrected chi connectivity index (χ3v) is 3.75. The van der Waals surface area contributed by atoms with Crippen LogP contribution >= 0.6 is 0 Å². The van der Waals surface area contributed by atoms with E-state index in [-0.39, 0.29) is 17.1 Å². The van der Waals surface area contributed by atoms with Gasteiger partial charge in [0.15, 0.2) is 0 Å². The van der Waals surface area contributed by atoms with Gasteiger partial charge in [-0.15, -0.1) is 0 Å². The molecule has 5 heteroatoms. The van der Waals surface area contributed by atoms with Gasteiger partial charge in [-0.3, -0.25) is 9.48 Å². The van der Waals surface area contributed by atoms with Crippen molar-refractivity contribution in [3.8, 4) is 0 Å². The van der Waals surface area contributed by atoms with Gasteiger partial charge in [0.25, 0.3) is 5.91 Å². The quantitative estimate of drug-likeness (QED) is 0.922. The number of halogens is 1. The van der Waals surface area contributed by atoms with E-state index >= 15 is 0 Å². The first-order valence-electron chi connectivity index (χ1n) is 7.02. The summed E-state index contributed by atoms with van der Waals surface area (Å²) in [6, 6.07) is 6.61. The highest BCUT2D eigenvalue weighted by Gasteiger charge is 2.29. The van der Waals surface area contributed by atoms with Crippen LogP contribution in [0.2, 0.25) is 0 Å². The molecule has 0 saturated carbocycles. The molecule has 0 aliphatic carbocycles. The van der Waals surface area contributed by atoms with Crippen molar-refractivity contribution < 1.29 is 9.18 Å². The summed E-state index contributed by atoms with van der Waals surface area (Å²) in [5.41, 5.74) is 1.91. The number of hydrogen-bond donors (Lipinski definition) is 1. The van der Waals surface area contributed by atoms with E-state index in [1.165, 1.54) is 6.07 Å². The van der Waals surface area contributed by atoms with Crippen LogP contribution in [0.15, 0.2) is 30.5 Å². The van der Waals surface area contributed by atoms with E-state index in [9.17, 15) is 9.18 Å². The van der Waals surface area contributed by atoms with Gasteiger partial charge in [-0.1, -0.05) is 32.0 Å². The van der Waals surface area contributed by atoms with Crippen LogP contribution in [0.5, 0.6) is 0 Å². The number of benzene rings is 1. The van der Waals surface area contributed by atoms with Crippen molar-refractivity contribution >= 4 is 5.91 Å². The predicted molar refractivity (Wildman–Crippen MR) is 77.5 cm³/mol. The summed E-state index contributed by atoms with van der Waals surface area (Å²) in [6.45, 7) is 5.15. The third kappa shape index (κ3) is 2.82. The number of fused-ring (bicyclic) bond motifs is 1. The van der Waals surface area contributed by atoms with Gasteiger partial charge in [0.1, 0.15) is 5.82 Å². The molecule has 0 saturated heterocycles. The van der Waals surface area contributed by atoms with E-state index in [1.54, 1.807) is 29.1 Å². The maximum Gasteiger partial charge on any atom is 0.254 e. The van der Waals surface area contributed by atoms with Crippen LogP contribution in [0.3, 0.4) is 0 Å². The van der Waals surface area contributed by atoms with Gasteiger partial charge in [-0.05, 0) is 17.9 Å². The molecule has 0 fully saturated rings. The molecule has 1 aromatic heterocycles. The molecule has 2 heterocycles. The number of carbonyl (C=O) groups is 1. The molecule has 21 heavy (non-hydrogen) atoms. The minimum atomic E-state index is -0.257. The maximum absolute atomic E-state index is 13.7. The van der Waals surface area contributed by atoms with Crippen molar-refractivity contribution in [2.45, 2.75) is 26.8 Å². The summed E-state index contributed by atoms with van der Waals surface area (Å²) in [6.07, 6.45) is 2.43. The molecule has 2 aromatic rings. The minimum Gasteiger partial charge on any atom is -0.351 e. The minimum absolute atomic E-state index is 0.0297. The van der Waals surface area contributed by atoms with Gasteiger partial charge in [-0.25, -0.2) is 4.39 Å². The zero-order chi connectivity index (χ0) is 15.0. The highest BCUT2D eigenvalue weighted by Crippen LogP contribution is 2.25. The van der Waals surface area contributed by atoms with E-state index in [4.69, 9.17) is 0 Å². The second-order valence-corrected chi connectivity index (χ2v) is 6.30. The summed E-state index contributed by atoms with van der Waals surface area (Å²) >= 11 is 0. The fourth-order valence-electron chi connectivity index (χ4n) is 2.59. The van der Waals surface area contributed by atoms with Crippen LogP contribution in [0.1, 0.15) is 35.5 Å². The highest BCUT2D eigenvalue weighted by molar-refractivity contribution is 5.95. The number of hydrogen-bond acceptors (Lipinski definition) is 2. The first kappa shape index (κ1) is 13.8. The fourth-order valence-corrected chi connectivity index (χ4v) is 2.59. The summed E-state index contributed by atoms with van der Waals surface area (Å²) in [4.78, 5) is 12.1. The van der Waals surface area contributed by atoms with Gasteiger partial charge in [0.2, 0.25) is 0 Å². The SMILES string of the molecule is CC1(C)CNC(=O)c2cn(Cc3ccccc3F)nc2C1. The summed E-state index contributed by atoms with van der Waals surface area (Å²) in [5, 5.41) is 7.40. The average Bonchev–Trinajstić information content (AvgIpc) is 2.76. The lowest BCUT2D eigenvalue weighted by Crippen LogP contribution is -2.31. The Morgan fingerprint density at radius 2 is 2.14 bits per heavy atom. The standard InChI is InChI=1S/C16H18FN3O/c1-16(2)7-14-12(15(21)18-10-16)9-20(19-14)8-11-5-3-4-6-13(11)17/h3-6,9H,7-8,10H2,1-2H3,(H,18,21). The maximum atomic E-state index is 13.7. The van der Waals surface area contributed by atoms with E-state index in [0.29, 0.717) is 24.2 Å². The van der Waals surface area contributed by atoms with Crippen LogP contribution in [-0.4, -0.2) is 22.2 Å². The Kier molecular flexibility index (Phi) is 3.27. The van der Waals surface area contributed by atoms with Crippen molar-refractivity contribution in [3.63, 3.8) is 0 Å². The molecule has 0 bridgehead atoms. The largest absolute Gasteiger partial charge is 0.351 e. The summed E-state index contributed by atoms with van der Waals surface area (Å²) in [5.74, 6) is -0.358. The Balaban J connectivity index is 1.92. The van der Waals surface area contributed by atoms with Crippen LogP contribution in [0.25, 0.3) is 0 Å². The lowest BCUT2D eigenvalue weighted by molar-refractivity contribution is 0.0944. The molecule has 0 unspecified atom stereocenters. The van der Waals surface area contributed by atoms with Crippen LogP contribution in [-0.2, 0) is 13.0 Å². The summed E-state index contributed by atoms with van der Waals surface area (Å²) < 4.78 is 15.3. The van der Waals surface area contributed by atoms with Gasteiger partial charge >= 0.3 is 0 Å². The number of nitrogens with zero attached hydrogens (tertiary/aromatic N) is 2. The molecule has 1 aliphatic rings. The van der Waals surface area contributed by atoms with Crippen molar-refractivity contribution in [2.24, 2.45) is 5.41 Å². The molecule has 4 nitrogen and oxygen atoms in total. The molecule has 1 N–H and O–H groups in total. The van der Waals surface area contributed by atoms with Crippen LogP contribution < -0.4 is 5.32 Å². The third-order valence-electron chi connectivity index (χ3n) is 3.75.